The minimum absolute atomic E-state index is 0.0323. The summed E-state index contributed by atoms with van der Waals surface area (Å²) in [4.78, 5) is 14.3. The highest BCUT2D eigenvalue weighted by molar-refractivity contribution is 5.92. The van der Waals surface area contributed by atoms with E-state index in [1.54, 1.807) is 7.11 Å². The van der Waals surface area contributed by atoms with Gasteiger partial charge in [0.15, 0.2) is 0 Å². The molecule has 1 amide bonds. The molecule has 1 rings (SSSR count). The summed E-state index contributed by atoms with van der Waals surface area (Å²) in [6.45, 7) is 7.92. The normalized spacial score (nSPS) is 11.5. The molecule has 3 N–H and O–H groups in total. The van der Waals surface area contributed by atoms with Crippen LogP contribution in [0.5, 0.6) is 5.75 Å². The second-order valence-electron chi connectivity index (χ2n) is 5.71. The second kappa shape index (κ2) is 8.00. The van der Waals surface area contributed by atoms with Crippen LogP contribution in [0.15, 0.2) is 24.3 Å². The summed E-state index contributed by atoms with van der Waals surface area (Å²) < 4.78 is 5.10. The molecule has 1 aromatic carbocycles. The Kier molecular flexibility index (Phi) is 6.65. The van der Waals surface area contributed by atoms with Crippen LogP contribution >= 0.6 is 0 Å². The molecule has 5 nitrogen and oxygen atoms in total. The Bertz CT molecular complexity index is 443. The number of hydrogen-bond acceptors (Lipinski definition) is 4. The van der Waals surface area contributed by atoms with Crippen molar-refractivity contribution in [3.63, 3.8) is 0 Å². The number of nitrogens with zero attached hydrogens (tertiary/aromatic N) is 1. The zero-order valence-corrected chi connectivity index (χ0v) is 13.5. The lowest BCUT2D eigenvalue weighted by molar-refractivity contribution is -0.118. The SMILES string of the molecule is CCCN(CC(=O)Nc1ccc(OC)cc1)C(C)(C)CN. The first kappa shape index (κ1) is 17.5. The van der Waals surface area contributed by atoms with Gasteiger partial charge in [0, 0.05) is 17.8 Å². The first-order valence-corrected chi connectivity index (χ1v) is 7.32. The van der Waals surface area contributed by atoms with Gasteiger partial charge < -0.3 is 15.8 Å². The Hall–Kier alpha value is -1.59. The smallest absolute Gasteiger partial charge is 0.238 e. The molecule has 0 unspecified atom stereocenters. The number of carbonyl (C=O) groups is 1. The first-order valence-electron chi connectivity index (χ1n) is 7.32. The van der Waals surface area contributed by atoms with E-state index in [9.17, 15) is 4.79 Å². The van der Waals surface area contributed by atoms with Crippen LogP contribution in [-0.2, 0) is 4.79 Å². The summed E-state index contributed by atoms with van der Waals surface area (Å²) in [5.41, 5.74) is 6.39. The Morgan fingerprint density at radius 3 is 2.43 bits per heavy atom. The lowest BCUT2D eigenvalue weighted by Gasteiger charge is -2.37. The zero-order chi connectivity index (χ0) is 15.9. The Balaban J connectivity index is 2.64. The van der Waals surface area contributed by atoms with Crippen molar-refractivity contribution in [2.75, 3.05) is 32.1 Å². The minimum Gasteiger partial charge on any atom is -0.497 e. The first-order chi connectivity index (χ1) is 9.92. The molecule has 21 heavy (non-hydrogen) atoms. The highest BCUT2D eigenvalue weighted by Crippen LogP contribution is 2.16. The molecule has 0 aliphatic rings. The van der Waals surface area contributed by atoms with Gasteiger partial charge in [0.2, 0.25) is 5.91 Å². The zero-order valence-electron chi connectivity index (χ0n) is 13.5. The molecule has 0 radical (unpaired) electrons. The van der Waals surface area contributed by atoms with Gasteiger partial charge in [-0.25, -0.2) is 0 Å². The minimum atomic E-state index is -0.187. The van der Waals surface area contributed by atoms with Crippen LogP contribution in [0.25, 0.3) is 0 Å². The molecular weight excluding hydrogens is 266 g/mol. The predicted molar refractivity (Wildman–Crippen MR) is 86.6 cm³/mol. The fraction of sp³-hybridized carbons (Fsp3) is 0.562. The molecule has 0 heterocycles. The molecule has 0 saturated heterocycles. The van der Waals surface area contributed by atoms with Crippen LogP contribution < -0.4 is 15.8 Å². The van der Waals surface area contributed by atoms with Crippen LogP contribution in [0, 0.1) is 0 Å². The van der Waals surface area contributed by atoms with Crippen molar-refractivity contribution in [2.24, 2.45) is 5.73 Å². The maximum atomic E-state index is 12.2. The monoisotopic (exact) mass is 293 g/mol. The number of benzene rings is 1. The topological polar surface area (TPSA) is 67.6 Å². The number of ether oxygens (including phenoxy) is 1. The summed E-state index contributed by atoms with van der Waals surface area (Å²) in [5.74, 6) is 0.736. The molecule has 5 heteroatoms. The summed E-state index contributed by atoms with van der Waals surface area (Å²) in [6.07, 6.45) is 0.985. The number of nitrogens with one attached hydrogen (secondary N) is 1. The molecule has 0 bridgehead atoms. The molecular formula is C16H27N3O2. The summed E-state index contributed by atoms with van der Waals surface area (Å²) in [5, 5.41) is 2.90. The number of hydrogen-bond donors (Lipinski definition) is 2. The van der Waals surface area contributed by atoms with Crippen molar-refractivity contribution < 1.29 is 9.53 Å². The number of methoxy groups -OCH3 is 1. The standard InChI is InChI=1S/C16H27N3O2/c1-5-10-19(16(2,3)12-17)11-15(20)18-13-6-8-14(21-4)9-7-13/h6-9H,5,10-12,17H2,1-4H3,(H,18,20). The van der Waals surface area contributed by atoms with E-state index in [-0.39, 0.29) is 11.4 Å². The largest absolute Gasteiger partial charge is 0.497 e. The maximum Gasteiger partial charge on any atom is 0.238 e. The van der Waals surface area contributed by atoms with E-state index >= 15 is 0 Å². The van der Waals surface area contributed by atoms with Crippen LogP contribution in [0.4, 0.5) is 5.69 Å². The fourth-order valence-electron chi connectivity index (χ4n) is 2.04. The average Bonchev–Trinajstić information content (AvgIpc) is 2.47. The van der Waals surface area contributed by atoms with Gasteiger partial charge in [-0.3, -0.25) is 9.69 Å². The number of nitrogens with two attached hydrogens (primary N) is 1. The number of carbonyl (C=O) groups excluding carboxylic acids is 1. The Morgan fingerprint density at radius 2 is 1.95 bits per heavy atom. The molecule has 0 spiro atoms. The summed E-state index contributed by atoms with van der Waals surface area (Å²) >= 11 is 0. The van der Waals surface area contributed by atoms with E-state index in [0.29, 0.717) is 13.1 Å². The highest BCUT2D eigenvalue weighted by Gasteiger charge is 2.26. The summed E-state index contributed by atoms with van der Waals surface area (Å²) in [6, 6.07) is 7.30. The molecule has 0 aliphatic carbocycles. The third-order valence-corrected chi connectivity index (χ3v) is 3.56. The van der Waals surface area contributed by atoms with E-state index in [4.69, 9.17) is 10.5 Å². The van der Waals surface area contributed by atoms with E-state index in [0.717, 1.165) is 24.4 Å². The van der Waals surface area contributed by atoms with Crippen molar-refractivity contribution in [1.82, 2.24) is 4.90 Å². The van der Waals surface area contributed by atoms with E-state index in [1.165, 1.54) is 0 Å². The lowest BCUT2D eigenvalue weighted by Crippen LogP contribution is -2.52. The molecule has 0 fully saturated rings. The molecule has 0 saturated carbocycles. The van der Waals surface area contributed by atoms with Gasteiger partial charge in [-0.05, 0) is 51.1 Å². The van der Waals surface area contributed by atoms with Crippen LogP contribution in [0.1, 0.15) is 27.2 Å². The van der Waals surface area contributed by atoms with Crippen molar-refractivity contribution in [1.29, 1.82) is 0 Å². The van der Waals surface area contributed by atoms with Gasteiger partial charge in [-0.1, -0.05) is 6.92 Å². The van der Waals surface area contributed by atoms with Gasteiger partial charge in [0.1, 0.15) is 5.75 Å². The van der Waals surface area contributed by atoms with Crippen LogP contribution in [0.2, 0.25) is 0 Å². The third-order valence-electron chi connectivity index (χ3n) is 3.56. The molecule has 0 aliphatic heterocycles. The van der Waals surface area contributed by atoms with Gasteiger partial charge in [0.05, 0.1) is 13.7 Å². The average molecular weight is 293 g/mol. The van der Waals surface area contributed by atoms with Crippen molar-refractivity contribution in [2.45, 2.75) is 32.7 Å². The van der Waals surface area contributed by atoms with Crippen LogP contribution in [-0.4, -0.2) is 43.1 Å². The van der Waals surface area contributed by atoms with Gasteiger partial charge in [-0.15, -0.1) is 0 Å². The number of rotatable bonds is 8. The summed E-state index contributed by atoms with van der Waals surface area (Å²) in [7, 11) is 1.62. The van der Waals surface area contributed by atoms with Crippen molar-refractivity contribution in [3.05, 3.63) is 24.3 Å². The van der Waals surface area contributed by atoms with E-state index in [2.05, 4.69) is 31.0 Å². The predicted octanol–water partition coefficient (Wildman–Crippen LogP) is 2.08. The van der Waals surface area contributed by atoms with Crippen molar-refractivity contribution >= 4 is 11.6 Å². The van der Waals surface area contributed by atoms with E-state index < -0.39 is 0 Å². The molecule has 1 aromatic rings. The number of amides is 1. The quantitative estimate of drug-likeness (QED) is 0.770. The van der Waals surface area contributed by atoms with Gasteiger partial charge >= 0.3 is 0 Å². The molecule has 0 aromatic heterocycles. The highest BCUT2D eigenvalue weighted by atomic mass is 16.5. The van der Waals surface area contributed by atoms with E-state index in [1.807, 2.05) is 24.3 Å². The second-order valence-corrected chi connectivity index (χ2v) is 5.71. The lowest BCUT2D eigenvalue weighted by atomic mass is 10.0. The maximum absolute atomic E-state index is 12.2. The fourth-order valence-corrected chi connectivity index (χ4v) is 2.04. The van der Waals surface area contributed by atoms with Gasteiger partial charge in [-0.2, -0.15) is 0 Å². The number of anilines is 1. The Morgan fingerprint density at radius 1 is 1.33 bits per heavy atom. The molecule has 0 atom stereocenters. The Labute approximate surface area is 127 Å². The molecule has 118 valence electrons. The third kappa shape index (κ3) is 5.36. The van der Waals surface area contributed by atoms with Gasteiger partial charge in [0.25, 0.3) is 0 Å². The van der Waals surface area contributed by atoms with Crippen molar-refractivity contribution in [3.8, 4) is 5.75 Å². The van der Waals surface area contributed by atoms with Crippen LogP contribution in [0.3, 0.4) is 0 Å².